The summed E-state index contributed by atoms with van der Waals surface area (Å²) >= 11 is 5.92. The number of halogens is 1. The van der Waals surface area contributed by atoms with E-state index in [1.807, 2.05) is 30.3 Å². The molecule has 0 aromatic heterocycles. The van der Waals surface area contributed by atoms with Crippen LogP contribution in [0.3, 0.4) is 0 Å². The fraction of sp³-hybridized carbons (Fsp3) is 0.125. The smallest absolute Gasteiger partial charge is 0.228 e. The Kier molecular flexibility index (Phi) is 4.81. The molecule has 2 aromatic rings. The number of anilines is 1. The molecule has 4 nitrogen and oxygen atoms in total. The minimum atomic E-state index is -0.163. The molecule has 0 radical (unpaired) electrons. The van der Waals surface area contributed by atoms with Gasteiger partial charge in [-0.05, 0) is 35.9 Å². The number of amides is 1. The van der Waals surface area contributed by atoms with Gasteiger partial charge in [0.15, 0.2) is 0 Å². The predicted molar refractivity (Wildman–Crippen MR) is 81.5 cm³/mol. The third-order valence-corrected chi connectivity index (χ3v) is 3.18. The summed E-state index contributed by atoms with van der Waals surface area (Å²) in [7, 11) is 1.58. The van der Waals surface area contributed by atoms with Crippen molar-refractivity contribution >= 4 is 23.2 Å². The molecule has 2 aromatic carbocycles. The fourth-order valence-electron chi connectivity index (χ4n) is 1.86. The lowest BCUT2D eigenvalue weighted by Crippen LogP contribution is -2.14. The van der Waals surface area contributed by atoms with Gasteiger partial charge in [0.1, 0.15) is 11.8 Å². The van der Waals surface area contributed by atoms with Crippen LogP contribution in [-0.2, 0) is 11.2 Å². The highest BCUT2D eigenvalue weighted by atomic mass is 35.5. The van der Waals surface area contributed by atoms with Crippen LogP contribution in [0, 0.1) is 11.3 Å². The first-order valence-corrected chi connectivity index (χ1v) is 6.62. The second-order valence-corrected chi connectivity index (χ2v) is 4.79. The second-order valence-electron chi connectivity index (χ2n) is 4.38. The fourth-order valence-corrected chi connectivity index (χ4v) is 2.08. The van der Waals surface area contributed by atoms with Crippen molar-refractivity contribution in [2.45, 2.75) is 6.42 Å². The van der Waals surface area contributed by atoms with E-state index in [0.29, 0.717) is 22.0 Å². The molecular formula is C16H13ClN2O2. The van der Waals surface area contributed by atoms with Gasteiger partial charge in [0, 0.05) is 5.69 Å². The Labute approximate surface area is 127 Å². The first kappa shape index (κ1) is 14.9. The van der Waals surface area contributed by atoms with E-state index in [9.17, 15) is 4.79 Å². The van der Waals surface area contributed by atoms with Gasteiger partial charge < -0.3 is 10.1 Å². The molecular weight excluding hydrogens is 288 g/mol. The summed E-state index contributed by atoms with van der Waals surface area (Å²) < 4.78 is 5.12. The van der Waals surface area contributed by atoms with Crippen LogP contribution >= 0.6 is 11.6 Å². The van der Waals surface area contributed by atoms with Crippen molar-refractivity contribution in [1.82, 2.24) is 0 Å². The van der Waals surface area contributed by atoms with Crippen LogP contribution in [0.15, 0.2) is 42.5 Å². The monoisotopic (exact) mass is 300 g/mol. The lowest BCUT2D eigenvalue weighted by molar-refractivity contribution is -0.115. The maximum Gasteiger partial charge on any atom is 0.228 e. The van der Waals surface area contributed by atoms with E-state index in [1.54, 1.807) is 25.3 Å². The van der Waals surface area contributed by atoms with Gasteiger partial charge in [-0.25, -0.2) is 0 Å². The van der Waals surface area contributed by atoms with E-state index < -0.39 is 0 Å². The minimum Gasteiger partial charge on any atom is -0.497 e. The quantitative estimate of drug-likeness (QED) is 0.941. The van der Waals surface area contributed by atoms with E-state index in [2.05, 4.69) is 5.32 Å². The van der Waals surface area contributed by atoms with Gasteiger partial charge in [-0.1, -0.05) is 23.7 Å². The number of ether oxygens (including phenoxy) is 1. The summed E-state index contributed by atoms with van der Waals surface area (Å²) in [4.78, 5) is 12.0. The molecule has 106 valence electrons. The van der Waals surface area contributed by atoms with Crippen LogP contribution in [0.5, 0.6) is 5.75 Å². The lowest BCUT2D eigenvalue weighted by Gasteiger charge is -2.07. The maximum atomic E-state index is 12.0. The molecule has 0 fully saturated rings. The maximum absolute atomic E-state index is 12.0. The molecule has 0 aliphatic rings. The van der Waals surface area contributed by atoms with Gasteiger partial charge in [-0.2, -0.15) is 5.26 Å². The van der Waals surface area contributed by atoms with Gasteiger partial charge in [-0.3, -0.25) is 4.79 Å². The molecule has 0 aliphatic carbocycles. The molecule has 0 aliphatic heterocycles. The van der Waals surface area contributed by atoms with Crippen molar-refractivity contribution < 1.29 is 9.53 Å². The highest BCUT2D eigenvalue weighted by molar-refractivity contribution is 6.32. The second kappa shape index (κ2) is 6.78. The number of rotatable bonds is 4. The Morgan fingerprint density at radius 3 is 2.81 bits per heavy atom. The van der Waals surface area contributed by atoms with E-state index in [4.69, 9.17) is 21.6 Å². The van der Waals surface area contributed by atoms with Gasteiger partial charge in [0.25, 0.3) is 0 Å². The van der Waals surface area contributed by atoms with Gasteiger partial charge in [0.2, 0.25) is 5.91 Å². The number of carbonyl (C=O) groups is 1. The number of hydrogen-bond donors (Lipinski definition) is 1. The molecule has 0 unspecified atom stereocenters. The number of nitrogens with one attached hydrogen (secondary N) is 1. The molecule has 0 atom stereocenters. The average molecular weight is 301 g/mol. The van der Waals surface area contributed by atoms with Crippen molar-refractivity contribution in [2.24, 2.45) is 0 Å². The molecule has 21 heavy (non-hydrogen) atoms. The standard InChI is InChI=1S/C16H13ClN2O2/c1-21-14-4-2-3-11(7-14)8-16(20)19-13-6-5-12(10-18)15(17)9-13/h2-7,9H,8H2,1H3,(H,19,20). The van der Waals surface area contributed by atoms with Gasteiger partial charge >= 0.3 is 0 Å². The zero-order valence-electron chi connectivity index (χ0n) is 11.4. The number of nitrogens with zero attached hydrogens (tertiary/aromatic N) is 1. The molecule has 2 rings (SSSR count). The number of nitriles is 1. The van der Waals surface area contributed by atoms with Crippen molar-refractivity contribution in [1.29, 1.82) is 5.26 Å². The summed E-state index contributed by atoms with van der Waals surface area (Å²) in [5.74, 6) is 0.547. The van der Waals surface area contributed by atoms with E-state index in [0.717, 1.165) is 5.56 Å². The molecule has 0 saturated carbocycles. The number of hydrogen-bond acceptors (Lipinski definition) is 3. The van der Waals surface area contributed by atoms with Gasteiger partial charge in [-0.15, -0.1) is 0 Å². The van der Waals surface area contributed by atoms with Crippen LogP contribution < -0.4 is 10.1 Å². The average Bonchev–Trinajstić information content (AvgIpc) is 2.47. The van der Waals surface area contributed by atoms with Crippen molar-refractivity contribution in [2.75, 3.05) is 12.4 Å². The minimum absolute atomic E-state index is 0.163. The zero-order valence-corrected chi connectivity index (χ0v) is 12.1. The van der Waals surface area contributed by atoms with E-state index in [-0.39, 0.29) is 12.3 Å². The van der Waals surface area contributed by atoms with Crippen molar-refractivity contribution in [3.05, 3.63) is 58.6 Å². The summed E-state index contributed by atoms with van der Waals surface area (Å²) in [6.45, 7) is 0. The van der Waals surface area contributed by atoms with Crippen LogP contribution in [0.1, 0.15) is 11.1 Å². The highest BCUT2D eigenvalue weighted by Crippen LogP contribution is 2.20. The SMILES string of the molecule is COc1cccc(CC(=O)Nc2ccc(C#N)c(Cl)c2)c1. The molecule has 0 spiro atoms. The lowest BCUT2D eigenvalue weighted by atomic mass is 10.1. The summed E-state index contributed by atoms with van der Waals surface area (Å²) in [5, 5.41) is 11.9. The predicted octanol–water partition coefficient (Wildman–Crippen LogP) is 3.40. The van der Waals surface area contributed by atoms with Crippen molar-refractivity contribution in [3.63, 3.8) is 0 Å². The van der Waals surface area contributed by atoms with Gasteiger partial charge in [0.05, 0.1) is 24.1 Å². The molecule has 1 amide bonds. The Morgan fingerprint density at radius 2 is 2.14 bits per heavy atom. The third-order valence-electron chi connectivity index (χ3n) is 2.87. The van der Waals surface area contributed by atoms with Crippen LogP contribution in [-0.4, -0.2) is 13.0 Å². The largest absolute Gasteiger partial charge is 0.497 e. The normalized spacial score (nSPS) is 9.76. The summed E-state index contributed by atoms with van der Waals surface area (Å²) in [6.07, 6.45) is 0.231. The first-order valence-electron chi connectivity index (χ1n) is 6.25. The van der Waals surface area contributed by atoms with Crippen LogP contribution in [0.25, 0.3) is 0 Å². The van der Waals surface area contributed by atoms with Crippen LogP contribution in [0.2, 0.25) is 5.02 Å². The van der Waals surface area contributed by atoms with E-state index >= 15 is 0 Å². The van der Waals surface area contributed by atoms with E-state index in [1.165, 1.54) is 0 Å². The Balaban J connectivity index is 2.04. The Bertz CT molecular complexity index is 708. The Hall–Kier alpha value is -2.51. The number of methoxy groups -OCH3 is 1. The zero-order chi connectivity index (χ0) is 15.2. The number of benzene rings is 2. The molecule has 0 saturated heterocycles. The topological polar surface area (TPSA) is 62.1 Å². The first-order chi connectivity index (χ1) is 10.1. The van der Waals surface area contributed by atoms with Crippen molar-refractivity contribution in [3.8, 4) is 11.8 Å². The Morgan fingerprint density at radius 1 is 1.33 bits per heavy atom. The molecule has 1 N–H and O–H groups in total. The highest BCUT2D eigenvalue weighted by Gasteiger charge is 2.07. The van der Waals surface area contributed by atoms with Crippen LogP contribution in [0.4, 0.5) is 5.69 Å². The molecule has 0 bridgehead atoms. The summed E-state index contributed by atoms with van der Waals surface area (Å²) in [5.41, 5.74) is 1.79. The third kappa shape index (κ3) is 3.98. The summed E-state index contributed by atoms with van der Waals surface area (Å²) in [6, 6.07) is 14.1. The molecule has 5 heteroatoms. The number of carbonyl (C=O) groups excluding carboxylic acids is 1. The molecule has 0 heterocycles.